The van der Waals surface area contributed by atoms with Crippen molar-refractivity contribution in [2.75, 3.05) is 44.7 Å². The van der Waals surface area contributed by atoms with E-state index in [0.29, 0.717) is 44.2 Å². The minimum absolute atomic E-state index is 0.0699. The molecule has 4 atom stereocenters. The van der Waals surface area contributed by atoms with Gasteiger partial charge in [0.25, 0.3) is 0 Å². The second-order valence-electron chi connectivity index (χ2n) is 12.4. The Hall–Kier alpha value is -3.77. The Balaban J connectivity index is 1.38. The molecule has 1 aromatic heterocycles. The SMILES string of the molecule is C=CC(=O)N1CCN(c2nc(OCC3CCCN3C)nc3c2CCC2(C3=O)C(C)c3ccccc3C2C)CC1CC#N. The van der Waals surface area contributed by atoms with E-state index in [9.17, 15) is 14.9 Å². The van der Waals surface area contributed by atoms with Gasteiger partial charge in [0.1, 0.15) is 18.1 Å². The number of likely N-dealkylation sites (tertiary alicyclic amines) is 1. The van der Waals surface area contributed by atoms with Crippen LogP contribution in [0.25, 0.3) is 0 Å². The highest BCUT2D eigenvalue weighted by molar-refractivity contribution is 6.04. The third kappa shape index (κ3) is 4.48. The minimum Gasteiger partial charge on any atom is -0.462 e. The van der Waals surface area contributed by atoms with Crippen LogP contribution < -0.4 is 9.64 Å². The summed E-state index contributed by atoms with van der Waals surface area (Å²) in [4.78, 5) is 43.1. The summed E-state index contributed by atoms with van der Waals surface area (Å²) in [6.45, 7) is 10.9. The fourth-order valence-electron chi connectivity index (χ4n) is 8.01. The molecule has 2 aromatic rings. The number of rotatable bonds is 6. The first-order valence-corrected chi connectivity index (χ1v) is 15.2. The second-order valence-corrected chi connectivity index (χ2v) is 12.4. The smallest absolute Gasteiger partial charge is 0.319 e. The molecule has 2 saturated heterocycles. The zero-order chi connectivity index (χ0) is 29.6. The largest absolute Gasteiger partial charge is 0.462 e. The summed E-state index contributed by atoms with van der Waals surface area (Å²) in [6, 6.07) is 10.9. The Kier molecular flexibility index (Phi) is 7.52. The predicted molar refractivity (Wildman–Crippen MR) is 160 cm³/mol. The van der Waals surface area contributed by atoms with Crippen LogP contribution in [0.1, 0.15) is 78.5 Å². The monoisotopic (exact) mass is 568 g/mol. The first-order chi connectivity index (χ1) is 20.3. The van der Waals surface area contributed by atoms with Crippen LogP contribution in [0.3, 0.4) is 0 Å². The molecule has 0 saturated carbocycles. The van der Waals surface area contributed by atoms with Crippen molar-refractivity contribution in [2.24, 2.45) is 5.41 Å². The van der Waals surface area contributed by atoms with Gasteiger partial charge in [-0.1, -0.05) is 44.7 Å². The van der Waals surface area contributed by atoms with Crippen LogP contribution in [0.15, 0.2) is 36.9 Å². The number of nitriles is 1. The summed E-state index contributed by atoms with van der Waals surface area (Å²) in [5, 5.41) is 9.53. The highest BCUT2D eigenvalue weighted by Gasteiger charge is 2.57. The van der Waals surface area contributed by atoms with E-state index in [2.05, 4.69) is 67.6 Å². The standard InChI is InChI=1S/C33H40N6O3/c1-5-28(40)39-18-17-38(19-23(39)13-15-34)31-27-12-14-33(21(2)25-10-6-7-11-26(25)22(33)3)30(41)29(27)35-32(36-31)42-20-24-9-8-16-37(24)4/h5-7,10-11,21-24H,1,8-9,12-14,16-20H2,2-4H3. The maximum atomic E-state index is 14.7. The van der Waals surface area contributed by atoms with E-state index in [0.717, 1.165) is 31.4 Å². The number of benzene rings is 1. The van der Waals surface area contributed by atoms with Crippen molar-refractivity contribution < 1.29 is 14.3 Å². The number of hydrogen-bond acceptors (Lipinski definition) is 8. The average Bonchev–Trinajstić information content (AvgIpc) is 3.52. The molecule has 9 heteroatoms. The van der Waals surface area contributed by atoms with E-state index < -0.39 is 5.41 Å². The van der Waals surface area contributed by atoms with Gasteiger partial charge in [0.2, 0.25) is 5.91 Å². The van der Waals surface area contributed by atoms with Crippen molar-refractivity contribution in [3.63, 3.8) is 0 Å². The van der Waals surface area contributed by atoms with Crippen LogP contribution in [0.2, 0.25) is 0 Å². The van der Waals surface area contributed by atoms with Gasteiger partial charge in [0.15, 0.2) is 5.78 Å². The van der Waals surface area contributed by atoms with Crippen molar-refractivity contribution in [1.82, 2.24) is 19.8 Å². The van der Waals surface area contributed by atoms with E-state index in [1.807, 2.05) is 0 Å². The lowest BCUT2D eigenvalue weighted by atomic mass is 9.61. The number of likely N-dealkylation sites (N-methyl/N-ethyl adjacent to an activating group) is 1. The quantitative estimate of drug-likeness (QED) is 0.480. The number of hydrogen-bond donors (Lipinski definition) is 0. The minimum atomic E-state index is -0.566. The molecule has 1 spiro atoms. The molecule has 2 fully saturated rings. The molecule has 0 bridgehead atoms. The van der Waals surface area contributed by atoms with Crippen LogP contribution in [0.4, 0.5) is 5.82 Å². The number of carbonyl (C=O) groups is 2. The van der Waals surface area contributed by atoms with Crippen LogP contribution in [-0.4, -0.2) is 83.4 Å². The maximum absolute atomic E-state index is 14.7. The Morgan fingerprint density at radius 1 is 1.17 bits per heavy atom. The average molecular weight is 569 g/mol. The number of Topliss-reactive ketones (excluding diaryl/α,β-unsaturated/α-hetero) is 1. The number of ketones is 1. The van der Waals surface area contributed by atoms with Gasteiger partial charge >= 0.3 is 6.01 Å². The molecular formula is C33H40N6O3. The molecule has 4 unspecified atom stereocenters. The van der Waals surface area contributed by atoms with Gasteiger partial charge in [-0.3, -0.25) is 9.59 Å². The number of aromatic nitrogens is 2. The van der Waals surface area contributed by atoms with E-state index in [1.165, 1.54) is 17.2 Å². The normalized spacial score (nSPS) is 28.9. The number of anilines is 1. The number of ether oxygens (including phenoxy) is 1. The van der Waals surface area contributed by atoms with Gasteiger partial charge < -0.3 is 19.4 Å². The fourth-order valence-corrected chi connectivity index (χ4v) is 8.01. The topological polar surface area (TPSA) is 103 Å². The molecule has 42 heavy (non-hydrogen) atoms. The first kappa shape index (κ1) is 28.4. The Morgan fingerprint density at radius 2 is 1.90 bits per heavy atom. The van der Waals surface area contributed by atoms with E-state index >= 15 is 0 Å². The molecular weight excluding hydrogens is 528 g/mol. The van der Waals surface area contributed by atoms with Crippen LogP contribution >= 0.6 is 0 Å². The molecule has 2 aliphatic carbocycles. The van der Waals surface area contributed by atoms with Crippen molar-refractivity contribution in [1.29, 1.82) is 5.26 Å². The lowest BCUT2D eigenvalue weighted by molar-refractivity contribution is -0.128. The summed E-state index contributed by atoms with van der Waals surface area (Å²) in [6.07, 6.45) is 5.09. The lowest BCUT2D eigenvalue weighted by Crippen LogP contribution is -2.55. The lowest BCUT2D eigenvalue weighted by Gasteiger charge is -2.43. The second kappa shape index (κ2) is 11.1. The molecule has 9 nitrogen and oxygen atoms in total. The van der Waals surface area contributed by atoms with Crippen molar-refractivity contribution in [3.8, 4) is 12.1 Å². The van der Waals surface area contributed by atoms with Crippen LogP contribution in [0, 0.1) is 16.7 Å². The molecule has 1 amide bonds. The molecule has 3 heterocycles. The maximum Gasteiger partial charge on any atom is 0.319 e. The van der Waals surface area contributed by atoms with Gasteiger partial charge in [-0.05, 0) is 68.3 Å². The van der Waals surface area contributed by atoms with Gasteiger partial charge in [0, 0.05) is 36.7 Å². The number of fused-ring (bicyclic) bond motifs is 2. The molecule has 220 valence electrons. The van der Waals surface area contributed by atoms with Crippen molar-refractivity contribution >= 4 is 17.5 Å². The zero-order valence-electron chi connectivity index (χ0n) is 24.9. The van der Waals surface area contributed by atoms with Crippen molar-refractivity contribution in [3.05, 3.63) is 59.3 Å². The van der Waals surface area contributed by atoms with Crippen molar-refractivity contribution in [2.45, 2.75) is 69.9 Å². The number of piperazine rings is 1. The third-order valence-electron chi connectivity index (χ3n) is 10.5. The van der Waals surface area contributed by atoms with Crippen LogP contribution in [0.5, 0.6) is 6.01 Å². The predicted octanol–water partition coefficient (Wildman–Crippen LogP) is 4.10. The number of carbonyl (C=O) groups excluding carboxylic acids is 2. The molecule has 6 rings (SSSR count). The van der Waals surface area contributed by atoms with Gasteiger partial charge in [-0.15, -0.1) is 0 Å². The summed E-state index contributed by atoms with van der Waals surface area (Å²) in [5.41, 5.74) is 3.25. The zero-order valence-corrected chi connectivity index (χ0v) is 24.9. The number of nitrogens with zero attached hydrogens (tertiary/aromatic N) is 6. The van der Waals surface area contributed by atoms with Gasteiger partial charge in [-0.25, -0.2) is 0 Å². The summed E-state index contributed by atoms with van der Waals surface area (Å²) in [5.74, 6) is 0.744. The number of amides is 1. The highest BCUT2D eigenvalue weighted by Crippen LogP contribution is 2.60. The van der Waals surface area contributed by atoms with E-state index in [4.69, 9.17) is 14.7 Å². The molecule has 4 aliphatic rings. The molecule has 0 N–H and O–H groups in total. The van der Waals surface area contributed by atoms with E-state index in [1.54, 1.807) is 4.90 Å². The van der Waals surface area contributed by atoms with E-state index in [-0.39, 0.29) is 48.0 Å². The molecule has 1 aromatic carbocycles. The fraction of sp³-hybridized carbons (Fsp3) is 0.545. The molecule has 2 aliphatic heterocycles. The summed E-state index contributed by atoms with van der Waals surface area (Å²) < 4.78 is 6.25. The Bertz CT molecular complexity index is 1420. The highest BCUT2D eigenvalue weighted by atomic mass is 16.5. The third-order valence-corrected chi connectivity index (χ3v) is 10.5. The summed E-state index contributed by atoms with van der Waals surface area (Å²) in [7, 11) is 2.10. The van der Waals surface area contributed by atoms with Gasteiger partial charge in [0.05, 0.1) is 18.5 Å². The Labute approximate surface area is 248 Å². The Morgan fingerprint density at radius 3 is 2.55 bits per heavy atom. The summed E-state index contributed by atoms with van der Waals surface area (Å²) >= 11 is 0. The first-order valence-electron chi connectivity index (χ1n) is 15.2. The van der Waals surface area contributed by atoms with Crippen LogP contribution in [-0.2, 0) is 11.2 Å². The van der Waals surface area contributed by atoms with Gasteiger partial charge in [-0.2, -0.15) is 15.2 Å². The molecule has 0 radical (unpaired) electrons.